The van der Waals surface area contributed by atoms with Crippen molar-refractivity contribution in [3.05, 3.63) is 51.0 Å². The number of hydrogen-bond acceptors (Lipinski definition) is 7. The number of fused-ring (bicyclic) bond motifs is 1. The molecular weight excluding hydrogens is 382 g/mol. The highest BCUT2D eigenvalue weighted by atomic mass is 32.1. The smallest absolute Gasteiger partial charge is 0.365 e. The SMILES string of the molecule is NC(=O)c1c(NC(=O)Cn2c(-c3ccccn3)noc2=O)sc2c1CCCC2. The third-order valence-corrected chi connectivity index (χ3v) is 5.76. The summed E-state index contributed by atoms with van der Waals surface area (Å²) in [4.78, 5) is 41.7. The zero-order chi connectivity index (χ0) is 19.7. The summed E-state index contributed by atoms with van der Waals surface area (Å²) < 4.78 is 5.79. The molecule has 3 heterocycles. The van der Waals surface area contributed by atoms with Gasteiger partial charge in [-0.05, 0) is 43.4 Å². The minimum atomic E-state index is -0.767. The lowest BCUT2D eigenvalue weighted by molar-refractivity contribution is -0.116. The molecule has 0 fully saturated rings. The lowest BCUT2D eigenvalue weighted by Crippen LogP contribution is -2.26. The number of primary amides is 1. The predicted octanol–water partition coefficient (Wildman–Crippen LogP) is 1.58. The standard InChI is InChI=1S/C18H17N5O4S/c19-15(25)14-10-5-1-2-7-12(10)28-17(14)21-13(24)9-23-16(22-27-18(23)26)11-6-3-4-8-20-11/h3-4,6,8H,1-2,5,7,9H2,(H2,19,25)(H,21,24). The van der Waals surface area contributed by atoms with E-state index in [4.69, 9.17) is 10.3 Å². The van der Waals surface area contributed by atoms with Crippen LogP contribution in [0, 0.1) is 0 Å². The van der Waals surface area contributed by atoms with Gasteiger partial charge in [0, 0.05) is 11.1 Å². The van der Waals surface area contributed by atoms with Crippen LogP contribution in [0.5, 0.6) is 0 Å². The Labute approximate surface area is 163 Å². The number of aryl methyl sites for hydroxylation is 1. The van der Waals surface area contributed by atoms with Crippen molar-refractivity contribution in [1.29, 1.82) is 0 Å². The molecule has 2 amide bonds. The minimum Gasteiger partial charge on any atom is -0.365 e. The first-order valence-corrected chi connectivity index (χ1v) is 9.58. The van der Waals surface area contributed by atoms with Crippen molar-refractivity contribution in [2.24, 2.45) is 5.73 Å². The van der Waals surface area contributed by atoms with E-state index in [0.717, 1.165) is 40.7 Å². The molecule has 0 saturated carbocycles. The summed E-state index contributed by atoms with van der Waals surface area (Å²) in [5.74, 6) is -1.66. The normalized spacial score (nSPS) is 13.1. The highest BCUT2D eigenvalue weighted by Gasteiger charge is 2.25. The van der Waals surface area contributed by atoms with Crippen LogP contribution in [-0.4, -0.2) is 26.5 Å². The zero-order valence-corrected chi connectivity index (χ0v) is 15.6. The van der Waals surface area contributed by atoms with Crippen molar-refractivity contribution in [1.82, 2.24) is 14.7 Å². The molecule has 0 unspecified atom stereocenters. The van der Waals surface area contributed by atoms with Gasteiger partial charge in [-0.1, -0.05) is 11.2 Å². The van der Waals surface area contributed by atoms with Crippen molar-refractivity contribution < 1.29 is 14.1 Å². The monoisotopic (exact) mass is 399 g/mol. The summed E-state index contributed by atoms with van der Waals surface area (Å²) in [6.07, 6.45) is 5.22. The zero-order valence-electron chi connectivity index (χ0n) is 14.8. The highest BCUT2D eigenvalue weighted by molar-refractivity contribution is 7.17. The molecule has 0 spiro atoms. The van der Waals surface area contributed by atoms with Crippen molar-refractivity contribution in [2.75, 3.05) is 5.32 Å². The van der Waals surface area contributed by atoms with Crippen molar-refractivity contribution in [3.8, 4) is 11.5 Å². The number of nitrogens with one attached hydrogen (secondary N) is 1. The van der Waals surface area contributed by atoms with Crippen molar-refractivity contribution in [3.63, 3.8) is 0 Å². The third kappa shape index (κ3) is 3.33. The Hall–Kier alpha value is -3.27. The van der Waals surface area contributed by atoms with Gasteiger partial charge in [-0.2, -0.15) is 0 Å². The van der Waals surface area contributed by atoms with Gasteiger partial charge in [-0.15, -0.1) is 11.3 Å². The van der Waals surface area contributed by atoms with Gasteiger partial charge in [-0.3, -0.25) is 19.1 Å². The molecule has 9 nitrogen and oxygen atoms in total. The molecule has 0 aromatic carbocycles. The number of nitrogens with two attached hydrogens (primary N) is 1. The number of nitrogens with zero attached hydrogens (tertiary/aromatic N) is 3. The first-order valence-electron chi connectivity index (χ1n) is 8.76. The van der Waals surface area contributed by atoms with E-state index in [9.17, 15) is 14.4 Å². The molecule has 10 heteroatoms. The largest absolute Gasteiger partial charge is 0.442 e. The molecule has 3 N–H and O–H groups in total. The lowest BCUT2D eigenvalue weighted by atomic mass is 9.95. The number of carbonyl (C=O) groups excluding carboxylic acids is 2. The van der Waals surface area contributed by atoms with Crippen LogP contribution < -0.4 is 16.8 Å². The topological polar surface area (TPSA) is 133 Å². The van der Waals surface area contributed by atoms with Gasteiger partial charge in [0.15, 0.2) is 0 Å². The van der Waals surface area contributed by atoms with Crippen LogP contribution in [0.1, 0.15) is 33.6 Å². The van der Waals surface area contributed by atoms with Gasteiger partial charge in [0.1, 0.15) is 17.2 Å². The molecular formula is C18H17N5O4S. The van der Waals surface area contributed by atoms with Crippen molar-refractivity contribution in [2.45, 2.75) is 32.2 Å². The minimum absolute atomic E-state index is 0.154. The fraction of sp³-hybridized carbons (Fsp3) is 0.278. The average Bonchev–Trinajstić information content (AvgIpc) is 3.22. The quantitative estimate of drug-likeness (QED) is 0.669. The number of anilines is 1. The van der Waals surface area contributed by atoms with E-state index in [-0.39, 0.29) is 12.4 Å². The van der Waals surface area contributed by atoms with Crippen LogP contribution in [0.4, 0.5) is 5.00 Å². The maximum Gasteiger partial charge on any atom is 0.442 e. The molecule has 0 bridgehead atoms. The number of thiophene rings is 1. The molecule has 28 heavy (non-hydrogen) atoms. The maximum atomic E-state index is 12.6. The average molecular weight is 399 g/mol. The number of pyridine rings is 1. The summed E-state index contributed by atoms with van der Waals surface area (Å²) in [6, 6.07) is 5.12. The second-order valence-electron chi connectivity index (χ2n) is 6.40. The number of carbonyl (C=O) groups is 2. The van der Waals surface area contributed by atoms with Gasteiger partial charge in [-0.25, -0.2) is 9.36 Å². The molecule has 3 aromatic rings. The molecule has 0 aliphatic heterocycles. The summed E-state index contributed by atoms with van der Waals surface area (Å²) in [7, 11) is 0. The van der Waals surface area contributed by atoms with E-state index in [1.165, 1.54) is 11.3 Å². The molecule has 0 saturated heterocycles. The Balaban J connectivity index is 1.60. The van der Waals surface area contributed by atoms with Crippen LogP contribution >= 0.6 is 11.3 Å². The van der Waals surface area contributed by atoms with Crippen LogP contribution in [0.15, 0.2) is 33.7 Å². The van der Waals surface area contributed by atoms with Gasteiger partial charge in [0.25, 0.3) is 5.91 Å². The molecule has 1 aliphatic carbocycles. The summed E-state index contributed by atoms with van der Waals surface area (Å²) in [5, 5.41) is 6.85. The van der Waals surface area contributed by atoms with E-state index in [2.05, 4.69) is 15.5 Å². The van der Waals surface area contributed by atoms with E-state index >= 15 is 0 Å². The fourth-order valence-electron chi connectivity index (χ4n) is 3.31. The summed E-state index contributed by atoms with van der Waals surface area (Å²) in [5.41, 5.74) is 7.25. The first kappa shape index (κ1) is 18.1. The lowest BCUT2D eigenvalue weighted by Gasteiger charge is -2.11. The van der Waals surface area contributed by atoms with Crippen LogP contribution in [0.25, 0.3) is 11.5 Å². The second kappa shape index (κ2) is 7.39. The van der Waals surface area contributed by atoms with Crippen LogP contribution in [-0.2, 0) is 24.2 Å². The molecule has 144 valence electrons. The second-order valence-corrected chi connectivity index (χ2v) is 7.51. The Morgan fingerprint density at radius 2 is 2.11 bits per heavy atom. The number of amides is 2. The number of aromatic nitrogens is 3. The van der Waals surface area contributed by atoms with Crippen LogP contribution in [0.3, 0.4) is 0 Å². The fourth-order valence-corrected chi connectivity index (χ4v) is 4.62. The van der Waals surface area contributed by atoms with Gasteiger partial charge in [0.2, 0.25) is 11.7 Å². The van der Waals surface area contributed by atoms with Gasteiger partial charge in [0.05, 0.1) is 5.56 Å². The van der Waals surface area contributed by atoms with E-state index in [1.54, 1.807) is 24.4 Å². The molecule has 1 aliphatic rings. The maximum absolute atomic E-state index is 12.6. The van der Waals surface area contributed by atoms with E-state index in [1.807, 2.05) is 0 Å². The summed E-state index contributed by atoms with van der Waals surface area (Å²) in [6.45, 7) is -0.324. The van der Waals surface area contributed by atoms with Gasteiger partial charge >= 0.3 is 5.76 Å². The number of rotatable bonds is 5. The molecule has 3 aromatic heterocycles. The Kier molecular flexibility index (Phi) is 4.78. The Morgan fingerprint density at radius 3 is 2.86 bits per heavy atom. The molecule has 4 rings (SSSR count). The van der Waals surface area contributed by atoms with Gasteiger partial charge < -0.3 is 11.1 Å². The van der Waals surface area contributed by atoms with E-state index in [0.29, 0.717) is 16.3 Å². The highest BCUT2D eigenvalue weighted by Crippen LogP contribution is 2.37. The third-order valence-electron chi connectivity index (χ3n) is 4.55. The molecule has 0 atom stereocenters. The van der Waals surface area contributed by atoms with Crippen LogP contribution in [0.2, 0.25) is 0 Å². The first-order chi connectivity index (χ1) is 13.5. The van der Waals surface area contributed by atoms with E-state index < -0.39 is 17.6 Å². The Morgan fingerprint density at radius 1 is 1.29 bits per heavy atom. The Bertz CT molecular complexity index is 1100. The summed E-state index contributed by atoms with van der Waals surface area (Å²) >= 11 is 1.36. The number of hydrogen-bond donors (Lipinski definition) is 2. The predicted molar refractivity (Wildman–Crippen MR) is 102 cm³/mol. The van der Waals surface area contributed by atoms with Crippen molar-refractivity contribution >= 4 is 28.2 Å². The molecule has 0 radical (unpaired) electrons.